The van der Waals surface area contributed by atoms with Crippen LogP contribution in [0.3, 0.4) is 0 Å². The molecule has 0 spiro atoms. The van der Waals surface area contributed by atoms with Crippen molar-refractivity contribution in [3.8, 4) is 0 Å². The van der Waals surface area contributed by atoms with Gasteiger partial charge in [-0.3, -0.25) is 4.79 Å². The van der Waals surface area contributed by atoms with Crippen LogP contribution in [-0.2, 0) is 11.2 Å². The van der Waals surface area contributed by atoms with E-state index < -0.39 is 0 Å². The summed E-state index contributed by atoms with van der Waals surface area (Å²) in [5.41, 5.74) is 6.92. The van der Waals surface area contributed by atoms with E-state index in [4.69, 9.17) is 10.8 Å². The first-order valence-electron chi connectivity index (χ1n) is 4.46. The molecule has 0 aliphatic rings. The number of nitrogens with one attached hydrogen (secondary N) is 1. The second kappa shape index (κ2) is 5.36. The molecule has 0 radical (unpaired) electrons. The predicted octanol–water partition coefficient (Wildman–Crippen LogP) is 0.119. The number of benzene rings is 1. The molecule has 0 fully saturated rings. The number of hydrogen-bond donors (Lipinski definition) is 3. The van der Waals surface area contributed by atoms with E-state index in [1.54, 1.807) is 12.1 Å². The Balaban J connectivity index is 2.59. The zero-order valence-electron chi connectivity index (χ0n) is 7.86. The molecular weight excluding hydrogens is 180 g/mol. The second-order valence-electron chi connectivity index (χ2n) is 2.92. The van der Waals surface area contributed by atoms with Crippen molar-refractivity contribution in [2.75, 3.05) is 18.5 Å². The van der Waals surface area contributed by atoms with E-state index in [0.717, 1.165) is 11.3 Å². The van der Waals surface area contributed by atoms with Crippen molar-refractivity contribution < 1.29 is 9.90 Å². The molecule has 0 unspecified atom stereocenters. The maximum absolute atomic E-state index is 10.9. The number of aliphatic hydroxyl groups excluding tert-OH is 1. The van der Waals surface area contributed by atoms with Gasteiger partial charge in [0, 0.05) is 12.3 Å². The third-order valence-corrected chi connectivity index (χ3v) is 1.82. The van der Waals surface area contributed by atoms with Crippen LogP contribution in [0.2, 0.25) is 0 Å². The highest BCUT2D eigenvalue weighted by Gasteiger charge is 1.98. The number of aliphatic hydroxyl groups is 1. The summed E-state index contributed by atoms with van der Waals surface area (Å²) >= 11 is 0. The van der Waals surface area contributed by atoms with Gasteiger partial charge in [-0.1, -0.05) is 12.1 Å². The van der Waals surface area contributed by atoms with Gasteiger partial charge in [-0.25, -0.2) is 0 Å². The Morgan fingerprint density at radius 3 is 2.50 bits per heavy atom. The van der Waals surface area contributed by atoms with Gasteiger partial charge in [0.05, 0.1) is 6.54 Å². The van der Waals surface area contributed by atoms with Crippen LogP contribution < -0.4 is 11.1 Å². The summed E-state index contributed by atoms with van der Waals surface area (Å²) in [6, 6.07) is 7.31. The van der Waals surface area contributed by atoms with Gasteiger partial charge in [0.15, 0.2) is 0 Å². The lowest BCUT2D eigenvalue weighted by atomic mass is 10.1. The SMILES string of the molecule is NCC(=O)Nc1ccc(CCO)cc1. The molecule has 0 aliphatic carbocycles. The fourth-order valence-electron chi connectivity index (χ4n) is 1.10. The molecule has 1 rings (SSSR count). The van der Waals surface area contributed by atoms with Crippen LogP contribution in [0.15, 0.2) is 24.3 Å². The Morgan fingerprint density at radius 2 is 2.00 bits per heavy atom. The summed E-state index contributed by atoms with van der Waals surface area (Å²) in [7, 11) is 0. The maximum atomic E-state index is 10.9. The van der Waals surface area contributed by atoms with Crippen molar-refractivity contribution in [2.45, 2.75) is 6.42 Å². The third-order valence-electron chi connectivity index (χ3n) is 1.82. The lowest BCUT2D eigenvalue weighted by molar-refractivity contribution is -0.114. The summed E-state index contributed by atoms with van der Waals surface area (Å²) in [5.74, 6) is -0.208. The van der Waals surface area contributed by atoms with Gasteiger partial charge >= 0.3 is 0 Å². The standard InChI is InChI=1S/C10H14N2O2/c11-7-10(14)12-9-3-1-8(2-4-9)5-6-13/h1-4,13H,5-7,11H2,(H,12,14). The Hall–Kier alpha value is -1.39. The van der Waals surface area contributed by atoms with Gasteiger partial charge in [0.2, 0.25) is 5.91 Å². The first kappa shape index (κ1) is 10.7. The molecule has 1 aromatic carbocycles. The molecule has 76 valence electrons. The molecular formula is C10H14N2O2. The van der Waals surface area contributed by atoms with Crippen molar-refractivity contribution in [1.82, 2.24) is 0 Å². The zero-order chi connectivity index (χ0) is 10.4. The molecule has 0 aliphatic heterocycles. The molecule has 0 aromatic heterocycles. The molecule has 0 atom stereocenters. The van der Waals surface area contributed by atoms with Crippen LogP contribution in [0.4, 0.5) is 5.69 Å². The Kier molecular flexibility index (Phi) is 4.10. The molecule has 0 heterocycles. The number of anilines is 1. The van der Waals surface area contributed by atoms with E-state index in [-0.39, 0.29) is 19.1 Å². The molecule has 0 saturated carbocycles. The van der Waals surface area contributed by atoms with Crippen LogP contribution >= 0.6 is 0 Å². The monoisotopic (exact) mass is 194 g/mol. The van der Waals surface area contributed by atoms with E-state index in [0.29, 0.717) is 6.42 Å². The van der Waals surface area contributed by atoms with Crippen LogP contribution in [-0.4, -0.2) is 24.2 Å². The summed E-state index contributed by atoms with van der Waals surface area (Å²) in [5, 5.41) is 11.3. The minimum absolute atomic E-state index is 0.0155. The normalized spacial score (nSPS) is 9.86. The topological polar surface area (TPSA) is 75.4 Å². The predicted molar refractivity (Wildman–Crippen MR) is 54.9 cm³/mol. The van der Waals surface area contributed by atoms with Crippen molar-refractivity contribution in [1.29, 1.82) is 0 Å². The van der Waals surface area contributed by atoms with Gasteiger partial charge < -0.3 is 16.2 Å². The van der Waals surface area contributed by atoms with Crippen LogP contribution in [0.1, 0.15) is 5.56 Å². The number of rotatable bonds is 4. The Labute approximate surface area is 82.7 Å². The molecule has 0 saturated heterocycles. The highest BCUT2D eigenvalue weighted by Crippen LogP contribution is 2.09. The van der Waals surface area contributed by atoms with Crippen LogP contribution in [0, 0.1) is 0 Å². The van der Waals surface area contributed by atoms with Gasteiger partial charge in [-0.05, 0) is 24.1 Å². The number of carbonyl (C=O) groups excluding carboxylic acids is 1. The van der Waals surface area contributed by atoms with Crippen molar-refractivity contribution in [2.24, 2.45) is 5.73 Å². The summed E-state index contributed by atoms with van der Waals surface area (Å²) in [4.78, 5) is 10.9. The number of amides is 1. The third kappa shape index (κ3) is 3.16. The van der Waals surface area contributed by atoms with Crippen LogP contribution in [0.25, 0.3) is 0 Å². The Bertz CT molecular complexity index is 295. The molecule has 4 nitrogen and oxygen atoms in total. The van der Waals surface area contributed by atoms with Crippen molar-refractivity contribution in [3.05, 3.63) is 29.8 Å². The zero-order valence-corrected chi connectivity index (χ0v) is 7.86. The summed E-state index contributed by atoms with van der Waals surface area (Å²) < 4.78 is 0. The molecule has 4 heteroatoms. The minimum Gasteiger partial charge on any atom is -0.396 e. The fraction of sp³-hybridized carbons (Fsp3) is 0.300. The molecule has 1 aromatic rings. The van der Waals surface area contributed by atoms with E-state index >= 15 is 0 Å². The second-order valence-corrected chi connectivity index (χ2v) is 2.92. The van der Waals surface area contributed by atoms with Crippen LogP contribution in [0.5, 0.6) is 0 Å². The molecule has 14 heavy (non-hydrogen) atoms. The average Bonchev–Trinajstić information content (AvgIpc) is 2.21. The smallest absolute Gasteiger partial charge is 0.238 e. The lowest BCUT2D eigenvalue weighted by Crippen LogP contribution is -2.21. The molecule has 1 amide bonds. The van der Waals surface area contributed by atoms with Gasteiger partial charge in [0.25, 0.3) is 0 Å². The van der Waals surface area contributed by atoms with E-state index in [9.17, 15) is 4.79 Å². The average molecular weight is 194 g/mol. The highest BCUT2D eigenvalue weighted by atomic mass is 16.2. The van der Waals surface area contributed by atoms with Gasteiger partial charge in [-0.15, -0.1) is 0 Å². The van der Waals surface area contributed by atoms with Crippen molar-refractivity contribution in [3.63, 3.8) is 0 Å². The minimum atomic E-state index is -0.208. The first-order chi connectivity index (χ1) is 6.76. The lowest BCUT2D eigenvalue weighted by Gasteiger charge is -2.04. The van der Waals surface area contributed by atoms with Crippen molar-refractivity contribution >= 4 is 11.6 Å². The van der Waals surface area contributed by atoms with E-state index in [1.807, 2.05) is 12.1 Å². The summed E-state index contributed by atoms with van der Waals surface area (Å²) in [6.07, 6.45) is 0.630. The number of carbonyl (C=O) groups is 1. The molecule has 4 N–H and O–H groups in total. The highest BCUT2D eigenvalue weighted by molar-refractivity contribution is 5.92. The van der Waals surface area contributed by atoms with E-state index in [2.05, 4.69) is 5.32 Å². The largest absolute Gasteiger partial charge is 0.396 e. The quantitative estimate of drug-likeness (QED) is 0.637. The van der Waals surface area contributed by atoms with E-state index in [1.165, 1.54) is 0 Å². The van der Waals surface area contributed by atoms with Gasteiger partial charge in [-0.2, -0.15) is 0 Å². The maximum Gasteiger partial charge on any atom is 0.238 e. The summed E-state index contributed by atoms with van der Waals surface area (Å²) in [6.45, 7) is 0.118. The fourth-order valence-corrected chi connectivity index (χ4v) is 1.10. The number of hydrogen-bond acceptors (Lipinski definition) is 3. The molecule has 0 bridgehead atoms. The van der Waals surface area contributed by atoms with Gasteiger partial charge in [0.1, 0.15) is 0 Å². The Morgan fingerprint density at radius 1 is 1.36 bits per heavy atom. The number of nitrogens with two attached hydrogens (primary N) is 1. The first-order valence-corrected chi connectivity index (χ1v) is 4.46.